The monoisotopic (exact) mass is 72.0 g/mol. The van der Waals surface area contributed by atoms with Crippen LogP contribution in [0.4, 0.5) is 0 Å². The molecular weight excluding hydrogens is 68.0 g/mol. The van der Waals surface area contributed by atoms with Gasteiger partial charge in [0.15, 0.2) is 6.23 Å². The van der Waals surface area contributed by atoms with Crippen molar-refractivity contribution in [1.29, 1.82) is 0 Å². The van der Waals surface area contributed by atoms with Crippen LogP contribution in [0.2, 0.25) is 0 Å². The summed E-state index contributed by atoms with van der Waals surface area (Å²) in [4.78, 5) is 4.68. The van der Waals surface area contributed by atoms with Gasteiger partial charge in [-0.2, -0.15) is 5.01 Å². The first-order valence-electron chi connectivity index (χ1n) is 1.65. The Morgan fingerprint density at radius 1 is 2.00 bits per heavy atom. The molecule has 0 aromatic rings. The van der Waals surface area contributed by atoms with Gasteiger partial charge in [-0.25, -0.2) is 0 Å². The van der Waals surface area contributed by atoms with Gasteiger partial charge in [0.1, 0.15) is 0 Å². The summed E-state index contributed by atoms with van der Waals surface area (Å²) in [6.45, 7) is 1.08. The molecule has 0 aromatic heterocycles. The number of hydrogen-bond donors (Lipinski definition) is 1. The first-order chi connectivity index (χ1) is 2.47. The molecule has 0 aromatic carbocycles. The zero-order chi connectivity index (χ0) is 3.28. The van der Waals surface area contributed by atoms with Gasteiger partial charge in [0.2, 0.25) is 0 Å². The fourth-order valence-electron chi connectivity index (χ4n) is 0.397. The summed E-state index contributed by atoms with van der Waals surface area (Å²) in [6, 6.07) is 0. The summed E-state index contributed by atoms with van der Waals surface area (Å²) in [5.41, 5.74) is 2.62. The number of nitrogens with one attached hydrogen (secondary N) is 1. The van der Waals surface area contributed by atoms with Gasteiger partial charge in [0.25, 0.3) is 0 Å². The van der Waals surface area contributed by atoms with Crippen LogP contribution >= 0.6 is 0 Å². The molecule has 0 amide bonds. The molecule has 0 bridgehead atoms. The van der Waals surface area contributed by atoms with Gasteiger partial charge in [-0.15, -0.1) is 5.59 Å². The highest BCUT2D eigenvalue weighted by atomic mass is 16.8. The predicted octanol–water partition coefficient (Wildman–Crippen LogP) is -0.922. The number of hydrogen-bond acceptors (Lipinski definition) is 3. The molecule has 0 saturated carbocycles. The molecule has 28 valence electrons. The summed E-state index contributed by atoms with van der Waals surface area (Å²) in [5, 5.41) is 2.00. The molecular formula is C2H4N2O. The first-order valence-corrected chi connectivity index (χ1v) is 1.65. The maximum absolute atomic E-state index is 4.68. The Hall–Kier alpha value is -0.120. The van der Waals surface area contributed by atoms with E-state index < -0.39 is 0 Å². The molecule has 2 unspecified atom stereocenters. The molecule has 2 fully saturated rings. The molecule has 2 aliphatic rings. The third kappa shape index (κ3) is 0.116. The van der Waals surface area contributed by atoms with E-state index in [2.05, 4.69) is 10.4 Å². The van der Waals surface area contributed by atoms with Crippen LogP contribution in [-0.4, -0.2) is 17.8 Å². The molecule has 0 radical (unpaired) electrons. The van der Waals surface area contributed by atoms with Gasteiger partial charge in [-0.1, -0.05) is 0 Å². The van der Waals surface area contributed by atoms with E-state index in [0.717, 1.165) is 6.54 Å². The molecule has 0 aliphatic carbocycles. The van der Waals surface area contributed by atoms with Crippen LogP contribution < -0.4 is 5.59 Å². The maximum atomic E-state index is 4.68. The van der Waals surface area contributed by atoms with Gasteiger partial charge in [0.05, 0.1) is 6.54 Å². The molecule has 3 nitrogen and oxygen atoms in total. The number of rotatable bonds is 0. The number of hydrazine groups is 1. The van der Waals surface area contributed by atoms with Crippen LogP contribution in [0.5, 0.6) is 0 Å². The lowest BCUT2D eigenvalue weighted by atomic mass is 10.9. The average molecular weight is 72.1 g/mol. The Labute approximate surface area is 29.4 Å². The van der Waals surface area contributed by atoms with Gasteiger partial charge in [0, 0.05) is 0 Å². The van der Waals surface area contributed by atoms with Crippen molar-refractivity contribution in [3.05, 3.63) is 0 Å². The fraction of sp³-hybridized carbons (Fsp3) is 1.00. The lowest BCUT2D eigenvalue weighted by molar-refractivity contribution is -0.169. The topological polar surface area (TPSA) is 24.3 Å². The Morgan fingerprint density at radius 3 is 2.80 bits per heavy atom. The second kappa shape index (κ2) is 0.408. The Bertz CT molecular complexity index is 52.7. The maximum Gasteiger partial charge on any atom is 0.162 e. The summed E-state index contributed by atoms with van der Waals surface area (Å²) in [7, 11) is 0. The lowest BCUT2D eigenvalue weighted by Crippen LogP contribution is -2.35. The van der Waals surface area contributed by atoms with Crippen molar-refractivity contribution in [2.24, 2.45) is 0 Å². The van der Waals surface area contributed by atoms with Crippen LogP contribution in [0.1, 0.15) is 0 Å². The SMILES string of the molecule is C1C2ONN12. The van der Waals surface area contributed by atoms with E-state index in [0.29, 0.717) is 6.23 Å². The van der Waals surface area contributed by atoms with E-state index in [4.69, 9.17) is 0 Å². The molecule has 2 saturated heterocycles. The highest BCUT2D eigenvalue weighted by Gasteiger charge is 2.45. The van der Waals surface area contributed by atoms with Crippen molar-refractivity contribution in [3.8, 4) is 0 Å². The van der Waals surface area contributed by atoms with Crippen LogP contribution in [0, 0.1) is 0 Å². The second-order valence-corrected chi connectivity index (χ2v) is 1.32. The zero-order valence-electron chi connectivity index (χ0n) is 2.64. The smallest absolute Gasteiger partial charge is 0.162 e. The van der Waals surface area contributed by atoms with E-state index in [1.54, 1.807) is 0 Å². The fourth-order valence-corrected chi connectivity index (χ4v) is 0.397. The van der Waals surface area contributed by atoms with Crippen LogP contribution in [0.15, 0.2) is 0 Å². The van der Waals surface area contributed by atoms with Crippen LogP contribution in [-0.2, 0) is 4.84 Å². The summed E-state index contributed by atoms with van der Waals surface area (Å²) < 4.78 is 0. The lowest BCUT2D eigenvalue weighted by Gasteiger charge is -2.11. The van der Waals surface area contributed by atoms with Gasteiger partial charge in [-0.3, -0.25) is 4.84 Å². The first kappa shape index (κ1) is 2.12. The van der Waals surface area contributed by atoms with E-state index >= 15 is 0 Å². The molecule has 2 aliphatic heterocycles. The van der Waals surface area contributed by atoms with E-state index in [9.17, 15) is 0 Å². The largest absolute Gasteiger partial charge is 0.265 e. The average Bonchev–Trinajstić information content (AvgIpc) is 1.74. The van der Waals surface area contributed by atoms with Crippen molar-refractivity contribution < 1.29 is 4.84 Å². The molecule has 2 rings (SSSR count). The summed E-state index contributed by atoms with van der Waals surface area (Å²) in [5.74, 6) is 0. The molecule has 3 heteroatoms. The van der Waals surface area contributed by atoms with Crippen LogP contribution in [0.25, 0.3) is 0 Å². The predicted molar refractivity (Wildman–Crippen MR) is 14.7 cm³/mol. The number of fused-ring (bicyclic) bond motifs is 1. The van der Waals surface area contributed by atoms with E-state index in [-0.39, 0.29) is 0 Å². The van der Waals surface area contributed by atoms with Gasteiger partial charge in [-0.05, 0) is 0 Å². The highest BCUT2D eigenvalue weighted by Crippen LogP contribution is 2.21. The van der Waals surface area contributed by atoms with Gasteiger partial charge < -0.3 is 0 Å². The normalized spacial score (nSPS) is 57.6. The minimum atomic E-state index is 0.454. The quantitative estimate of drug-likeness (QED) is 0.374. The van der Waals surface area contributed by atoms with Crippen molar-refractivity contribution in [3.63, 3.8) is 0 Å². The minimum absolute atomic E-state index is 0.454. The molecule has 0 spiro atoms. The molecule has 1 N–H and O–H groups in total. The molecule has 2 heterocycles. The molecule has 5 heavy (non-hydrogen) atoms. The summed E-state index contributed by atoms with van der Waals surface area (Å²) >= 11 is 0. The summed E-state index contributed by atoms with van der Waals surface area (Å²) in [6.07, 6.45) is 0.454. The Kier molecular flexibility index (Phi) is 0.173. The second-order valence-electron chi connectivity index (χ2n) is 1.32. The Morgan fingerprint density at radius 2 is 2.80 bits per heavy atom. The van der Waals surface area contributed by atoms with E-state index in [1.807, 2.05) is 5.01 Å². The van der Waals surface area contributed by atoms with Crippen molar-refractivity contribution in [1.82, 2.24) is 10.6 Å². The standard InChI is InChI=1S/C2H4N2O/c1-2-4(1)3-5-2/h2-3H,1H2. The van der Waals surface area contributed by atoms with E-state index in [1.165, 1.54) is 0 Å². The third-order valence-electron chi connectivity index (χ3n) is 0.873. The molecule has 2 atom stereocenters. The third-order valence-corrected chi connectivity index (χ3v) is 0.873. The van der Waals surface area contributed by atoms with Crippen molar-refractivity contribution >= 4 is 0 Å². The highest BCUT2D eigenvalue weighted by molar-refractivity contribution is 4.79. The Balaban J connectivity index is 2.19. The van der Waals surface area contributed by atoms with Crippen molar-refractivity contribution in [2.75, 3.05) is 6.54 Å². The minimum Gasteiger partial charge on any atom is -0.265 e. The van der Waals surface area contributed by atoms with Crippen LogP contribution in [0.3, 0.4) is 0 Å². The number of nitrogens with zero attached hydrogens (tertiary/aromatic N) is 1. The van der Waals surface area contributed by atoms with Gasteiger partial charge >= 0.3 is 0 Å². The van der Waals surface area contributed by atoms with Crippen molar-refractivity contribution in [2.45, 2.75) is 6.23 Å². The zero-order valence-corrected chi connectivity index (χ0v) is 2.64.